The van der Waals surface area contributed by atoms with Crippen LogP contribution in [0.15, 0.2) is 30.5 Å². The number of hydrogen-bond donors (Lipinski definition) is 1. The van der Waals surface area contributed by atoms with E-state index in [1.54, 1.807) is 10.9 Å². The van der Waals surface area contributed by atoms with Gasteiger partial charge in [-0.3, -0.25) is 4.68 Å². The molecule has 3 nitrogen and oxygen atoms in total. The van der Waals surface area contributed by atoms with Gasteiger partial charge in [-0.2, -0.15) is 5.10 Å². The molecule has 0 saturated heterocycles. The highest BCUT2D eigenvalue weighted by Crippen LogP contribution is 2.30. The highest BCUT2D eigenvalue weighted by atomic mass is 35.5. The van der Waals surface area contributed by atoms with Crippen molar-refractivity contribution in [3.05, 3.63) is 51.8 Å². The van der Waals surface area contributed by atoms with E-state index in [1.807, 2.05) is 31.2 Å². The van der Waals surface area contributed by atoms with Crippen LogP contribution in [0.4, 0.5) is 0 Å². The van der Waals surface area contributed by atoms with E-state index in [2.05, 4.69) is 5.10 Å². The van der Waals surface area contributed by atoms with Crippen LogP contribution in [0.25, 0.3) is 0 Å². The second-order valence-electron chi connectivity index (χ2n) is 3.69. The zero-order valence-electron chi connectivity index (χ0n) is 9.40. The predicted octanol–water partition coefficient (Wildman–Crippen LogP) is 3.26. The lowest BCUT2D eigenvalue weighted by Crippen LogP contribution is -2.18. The first-order valence-corrected chi connectivity index (χ1v) is 6.12. The van der Waals surface area contributed by atoms with E-state index in [9.17, 15) is 0 Å². The molecule has 1 unspecified atom stereocenters. The molecular weight excluding hydrogens is 257 g/mol. The van der Waals surface area contributed by atoms with Crippen molar-refractivity contribution in [1.82, 2.24) is 9.78 Å². The molecular formula is C12H13Cl2N3. The first kappa shape index (κ1) is 12.4. The second-order valence-corrected chi connectivity index (χ2v) is 4.51. The maximum absolute atomic E-state index is 6.21. The SMILES string of the molecule is CCn1ncc(Cl)c1C(N)c1ccccc1Cl. The summed E-state index contributed by atoms with van der Waals surface area (Å²) in [6.07, 6.45) is 1.61. The van der Waals surface area contributed by atoms with Gasteiger partial charge in [-0.05, 0) is 18.6 Å². The summed E-state index contributed by atoms with van der Waals surface area (Å²) in [4.78, 5) is 0. The van der Waals surface area contributed by atoms with Crippen molar-refractivity contribution in [1.29, 1.82) is 0 Å². The zero-order valence-corrected chi connectivity index (χ0v) is 10.9. The molecule has 0 amide bonds. The van der Waals surface area contributed by atoms with E-state index in [0.29, 0.717) is 10.0 Å². The van der Waals surface area contributed by atoms with Crippen LogP contribution in [0, 0.1) is 0 Å². The van der Waals surface area contributed by atoms with E-state index in [1.165, 1.54) is 0 Å². The van der Waals surface area contributed by atoms with Crippen molar-refractivity contribution in [2.24, 2.45) is 5.73 Å². The smallest absolute Gasteiger partial charge is 0.0837 e. The van der Waals surface area contributed by atoms with Gasteiger partial charge in [0.05, 0.1) is 23.0 Å². The standard InChI is InChI=1S/C12H13Cl2N3/c1-2-17-12(10(14)7-16-17)11(15)8-5-3-4-6-9(8)13/h3-7,11H,2,15H2,1H3. The van der Waals surface area contributed by atoms with Gasteiger partial charge in [0.15, 0.2) is 0 Å². The minimum Gasteiger partial charge on any atom is -0.319 e. The van der Waals surface area contributed by atoms with Gasteiger partial charge in [0.25, 0.3) is 0 Å². The van der Waals surface area contributed by atoms with Crippen molar-refractivity contribution in [3.8, 4) is 0 Å². The van der Waals surface area contributed by atoms with Crippen molar-refractivity contribution >= 4 is 23.2 Å². The fourth-order valence-electron chi connectivity index (χ4n) is 1.81. The number of aryl methyl sites for hydroxylation is 1. The van der Waals surface area contributed by atoms with Crippen LogP contribution in [-0.4, -0.2) is 9.78 Å². The molecule has 0 bridgehead atoms. The number of hydrogen-bond acceptors (Lipinski definition) is 2. The quantitative estimate of drug-likeness (QED) is 0.930. The molecule has 0 fully saturated rings. The summed E-state index contributed by atoms with van der Waals surface area (Å²) in [5.74, 6) is 0. The summed E-state index contributed by atoms with van der Waals surface area (Å²) < 4.78 is 1.79. The third kappa shape index (κ3) is 2.32. The summed E-state index contributed by atoms with van der Waals surface area (Å²) in [5.41, 5.74) is 7.86. The fourth-order valence-corrected chi connectivity index (χ4v) is 2.32. The molecule has 0 aliphatic rings. The van der Waals surface area contributed by atoms with Gasteiger partial charge in [-0.1, -0.05) is 41.4 Å². The van der Waals surface area contributed by atoms with E-state index in [0.717, 1.165) is 17.8 Å². The highest BCUT2D eigenvalue weighted by Gasteiger charge is 2.19. The Labute approximate surface area is 110 Å². The Bertz CT molecular complexity index is 522. The lowest BCUT2D eigenvalue weighted by atomic mass is 10.0. The molecule has 2 N–H and O–H groups in total. The fraction of sp³-hybridized carbons (Fsp3) is 0.250. The van der Waals surface area contributed by atoms with Gasteiger partial charge in [0.2, 0.25) is 0 Å². The molecule has 2 rings (SSSR count). The van der Waals surface area contributed by atoms with Crippen molar-refractivity contribution in [2.45, 2.75) is 19.5 Å². The normalized spacial score (nSPS) is 12.7. The average molecular weight is 270 g/mol. The average Bonchev–Trinajstić information content (AvgIpc) is 2.70. The molecule has 0 spiro atoms. The summed E-state index contributed by atoms with van der Waals surface area (Å²) in [6, 6.07) is 7.13. The molecule has 2 aromatic rings. The van der Waals surface area contributed by atoms with Crippen LogP contribution in [-0.2, 0) is 6.54 Å². The first-order chi connectivity index (χ1) is 8.15. The van der Waals surface area contributed by atoms with Gasteiger partial charge in [-0.15, -0.1) is 0 Å². The Hall–Kier alpha value is -1.03. The largest absolute Gasteiger partial charge is 0.319 e. The number of benzene rings is 1. The Morgan fingerprint density at radius 1 is 1.29 bits per heavy atom. The number of nitrogens with zero attached hydrogens (tertiary/aromatic N) is 2. The summed E-state index contributed by atoms with van der Waals surface area (Å²) in [7, 11) is 0. The van der Waals surface area contributed by atoms with Crippen LogP contribution in [0.1, 0.15) is 24.2 Å². The Morgan fingerprint density at radius 2 is 2.00 bits per heavy atom. The zero-order chi connectivity index (χ0) is 12.4. The molecule has 0 radical (unpaired) electrons. The molecule has 1 atom stereocenters. The number of nitrogens with two attached hydrogens (primary N) is 1. The van der Waals surface area contributed by atoms with Crippen LogP contribution in [0.5, 0.6) is 0 Å². The molecule has 0 aliphatic carbocycles. The summed E-state index contributed by atoms with van der Waals surface area (Å²) in [5, 5.41) is 5.38. The molecule has 17 heavy (non-hydrogen) atoms. The van der Waals surface area contributed by atoms with Crippen molar-refractivity contribution in [3.63, 3.8) is 0 Å². The molecule has 1 aromatic carbocycles. The topological polar surface area (TPSA) is 43.8 Å². The van der Waals surface area contributed by atoms with Gasteiger partial charge in [-0.25, -0.2) is 0 Å². The summed E-state index contributed by atoms with van der Waals surface area (Å²) in [6.45, 7) is 2.71. The minimum absolute atomic E-state index is 0.362. The third-order valence-electron chi connectivity index (χ3n) is 2.67. The van der Waals surface area contributed by atoms with Crippen LogP contribution < -0.4 is 5.73 Å². The Morgan fingerprint density at radius 3 is 2.65 bits per heavy atom. The Balaban J connectivity index is 2.47. The van der Waals surface area contributed by atoms with Gasteiger partial charge < -0.3 is 5.73 Å². The number of rotatable bonds is 3. The number of halogens is 2. The monoisotopic (exact) mass is 269 g/mol. The van der Waals surface area contributed by atoms with Crippen LogP contribution in [0.2, 0.25) is 10.0 Å². The van der Waals surface area contributed by atoms with E-state index in [4.69, 9.17) is 28.9 Å². The van der Waals surface area contributed by atoms with Crippen molar-refractivity contribution < 1.29 is 0 Å². The predicted molar refractivity (Wildman–Crippen MR) is 70.4 cm³/mol. The van der Waals surface area contributed by atoms with Gasteiger partial charge in [0.1, 0.15) is 0 Å². The first-order valence-electron chi connectivity index (χ1n) is 5.36. The van der Waals surface area contributed by atoms with E-state index in [-0.39, 0.29) is 6.04 Å². The van der Waals surface area contributed by atoms with Gasteiger partial charge >= 0.3 is 0 Å². The molecule has 1 heterocycles. The molecule has 90 valence electrons. The third-order valence-corrected chi connectivity index (χ3v) is 3.30. The lowest BCUT2D eigenvalue weighted by molar-refractivity contribution is 0.601. The lowest BCUT2D eigenvalue weighted by Gasteiger charge is -2.15. The highest BCUT2D eigenvalue weighted by molar-refractivity contribution is 6.32. The second kappa shape index (κ2) is 5.08. The minimum atomic E-state index is -0.362. The molecule has 0 aliphatic heterocycles. The van der Waals surface area contributed by atoms with Crippen molar-refractivity contribution in [2.75, 3.05) is 0 Å². The number of aromatic nitrogens is 2. The maximum atomic E-state index is 6.21. The van der Waals surface area contributed by atoms with Crippen LogP contribution >= 0.6 is 23.2 Å². The molecule has 1 aromatic heterocycles. The Kier molecular flexibility index (Phi) is 3.72. The van der Waals surface area contributed by atoms with E-state index >= 15 is 0 Å². The van der Waals surface area contributed by atoms with Crippen LogP contribution in [0.3, 0.4) is 0 Å². The summed E-state index contributed by atoms with van der Waals surface area (Å²) >= 11 is 12.2. The van der Waals surface area contributed by atoms with E-state index < -0.39 is 0 Å². The molecule has 5 heteroatoms. The van der Waals surface area contributed by atoms with Gasteiger partial charge in [0, 0.05) is 11.6 Å². The maximum Gasteiger partial charge on any atom is 0.0837 e. The molecule has 0 saturated carbocycles.